The van der Waals surface area contributed by atoms with Crippen molar-refractivity contribution in [2.24, 2.45) is 5.18 Å². The molecule has 0 bridgehead atoms. The van der Waals surface area contributed by atoms with Crippen molar-refractivity contribution in [3.05, 3.63) is 16.8 Å². The molecule has 1 N–H and O–H groups in total. The van der Waals surface area contributed by atoms with E-state index in [2.05, 4.69) is 10.3 Å². The molecule has 0 amide bonds. The molecule has 0 radical (unpaired) electrons. The van der Waals surface area contributed by atoms with Crippen LogP contribution in [-0.4, -0.2) is 21.0 Å². The van der Waals surface area contributed by atoms with Crippen LogP contribution in [0.4, 0.5) is 18.9 Å². The Kier molecular flexibility index (Phi) is 2.45. The van der Waals surface area contributed by atoms with Crippen LogP contribution < -0.4 is 0 Å². The van der Waals surface area contributed by atoms with Crippen LogP contribution in [0.25, 0.3) is 0 Å². The second-order valence-corrected chi connectivity index (χ2v) is 3.71. The van der Waals surface area contributed by atoms with E-state index in [1.165, 1.54) is 0 Å². The average molecular weight is 235 g/mol. The molecule has 5 nitrogen and oxygen atoms in total. The molecule has 16 heavy (non-hydrogen) atoms. The minimum Gasteiger partial charge on any atom is -0.393 e. The summed E-state index contributed by atoms with van der Waals surface area (Å²) < 4.78 is 38.2. The van der Waals surface area contributed by atoms with E-state index in [0.717, 1.165) is 10.9 Å². The molecule has 0 saturated heterocycles. The molecule has 1 aromatic rings. The van der Waals surface area contributed by atoms with Crippen LogP contribution >= 0.6 is 0 Å². The second kappa shape index (κ2) is 3.55. The highest BCUT2D eigenvalue weighted by molar-refractivity contribution is 5.41. The zero-order chi connectivity index (χ0) is 11.9. The number of aliphatic hydroxyl groups is 1. The van der Waals surface area contributed by atoms with Crippen LogP contribution in [0.2, 0.25) is 0 Å². The molecule has 0 aromatic carbocycles. The molecule has 1 heterocycles. The standard InChI is InChI=1S/C8H8F3N3O2/c9-8(10,11)7-6(13-16)3-14(12-7)4-1-5(15)2-4/h3-5,15H,1-2H2/t4-,5+. The molecular weight excluding hydrogens is 227 g/mol. The van der Waals surface area contributed by atoms with Gasteiger partial charge in [0, 0.05) is 0 Å². The predicted octanol–water partition coefficient (Wildman–Crippen LogP) is 2.00. The Hall–Kier alpha value is -1.44. The second-order valence-electron chi connectivity index (χ2n) is 3.71. The molecule has 0 unspecified atom stereocenters. The fraction of sp³-hybridized carbons (Fsp3) is 0.625. The van der Waals surface area contributed by atoms with E-state index in [1.54, 1.807) is 0 Å². The van der Waals surface area contributed by atoms with Crippen molar-refractivity contribution in [2.45, 2.75) is 31.2 Å². The van der Waals surface area contributed by atoms with E-state index in [-0.39, 0.29) is 6.04 Å². The van der Waals surface area contributed by atoms with Gasteiger partial charge in [0.05, 0.1) is 18.3 Å². The normalized spacial score (nSPS) is 25.2. The third-order valence-electron chi connectivity index (χ3n) is 2.54. The molecule has 1 fully saturated rings. The van der Waals surface area contributed by atoms with Gasteiger partial charge in [-0.05, 0) is 18.0 Å². The van der Waals surface area contributed by atoms with E-state index in [9.17, 15) is 18.1 Å². The summed E-state index contributed by atoms with van der Waals surface area (Å²) in [5.41, 5.74) is -1.99. The maximum Gasteiger partial charge on any atom is 0.437 e. The third kappa shape index (κ3) is 1.80. The largest absolute Gasteiger partial charge is 0.437 e. The molecule has 0 spiro atoms. The first-order chi connectivity index (χ1) is 7.41. The molecule has 1 saturated carbocycles. The van der Waals surface area contributed by atoms with Crippen molar-refractivity contribution >= 4 is 5.69 Å². The Bertz CT molecular complexity index is 409. The van der Waals surface area contributed by atoms with Crippen molar-refractivity contribution in [3.63, 3.8) is 0 Å². The molecular formula is C8H8F3N3O2. The van der Waals surface area contributed by atoms with Crippen LogP contribution in [0.15, 0.2) is 11.4 Å². The number of halogens is 3. The Morgan fingerprint density at radius 1 is 1.50 bits per heavy atom. The van der Waals surface area contributed by atoms with Gasteiger partial charge in [-0.2, -0.15) is 18.3 Å². The van der Waals surface area contributed by atoms with Crippen molar-refractivity contribution < 1.29 is 18.3 Å². The van der Waals surface area contributed by atoms with Crippen LogP contribution in [-0.2, 0) is 6.18 Å². The Labute approximate surface area is 87.8 Å². The van der Waals surface area contributed by atoms with Crippen molar-refractivity contribution in [1.29, 1.82) is 0 Å². The van der Waals surface area contributed by atoms with E-state index in [4.69, 9.17) is 5.11 Å². The summed E-state index contributed by atoms with van der Waals surface area (Å²) in [6.07, 6.45) is -3.53. The predicted molar refractivity (Wildman–Crippen MR) is 47.0 cm³/mol. The molecule has 1 aromatic heterocycles. The van der Waals surface area contributed by atoms with Gasteiger partial charge in [-0.1, -0.05) is 0 Å². The van der Waals surface area contributed by atoms with Gasteiger partial charge >= 0.3 is 6.18 Å². The monoisotopic (exact) mass is 235 g/mol. The highest BCUT2D eigenvalue weighted by Gasteiger charge is 2.40. The maximum atomic E-state index is 12.4. The van der Waals surface area contributed by atoms with Gasteiger partial charge < -0.3 is 5.11 Å². The highest BCUT2D eigenvalue weighted by atomic mass is 19.4. The zero-order valence-corrected chi connectivity index (χ0v) is 7.98. The number of aromatic nitrogens is 2. The van der Waals surface area contributed by atoms with Gasteiger partial charge in [0.25, 0.3) is 0 Å². The van der Waals surface area contributed by atoms with E-state index in [1.807, 2.05) is 0 Å². The molecule has 1 aliphatic carbocycles. The summed E-state index contributed by atoms with van der Waals surface area (Å²) in [4.78, 5) is 10.2. The maximum absolute atomic E-state index is 12.4. The van der Waals surface area contributed by atoms with Gasteiger partial charge in [0.1, 0.15) is 0 Å². The lowest BCUT2D eigenvalue weighted by Gasteiger charge is -2.31. The number of nitrogens with zero attached hydrogens (tertiary/aromatic N) is 3. The van der Waals surface area contributed by atoms with Crippen LogP contribution in [0.5, 0.6) is 0 Å². The van der Waals surface area contributed by atoms with Crippen LogP contribution in [0.1, 0.15) is 24.6 Å². The number of alkyl halides is 3. The Morgan fingerprint density at radius 3 is 2.50 bits per heavy atom. The summed E-state index contributed by atoms with van der Waals surface area (Å²) in [6.45, 7) is 0. The Morgan fingerprint density at radius 2 is 2.12 bits per heavy atom. The van der Waals surface area contributed by atoms with E-state index >= 15 is 0 Å². The zero-order valence-electron chi connectivity index (χ0n) is 7.98. The van der Waals surface area contributed by atoms with Crippen molar-refractivity contribution in [3.8, 4) is 0 Å². The topological polar surface area (TPSA) is 67.5 Å². The first kappa shape index (κ1) is 11.1. The van der Waals surface area contributed by atoms with Crippen LogP contribution in [0, 0.1) is 4.91 Å². The first-order valence-corrected chi connectivity index (χ1v) is 4.59. The van der Waals surface area contributed by atoms with Crippen LogP contribution in [0.3, 0.4) is 0 Å². The minimum atomic E-state index is -4.68. The minimum absolute atomic E-state index is 0.286. The van der Waals surface area contributed by atoms with Gasteiger partial charge in [-0.25, -0.2) is 0 Å². The van der Waals surface area contributed by atoms with Crippen molar-refractivity contribution in [2.75, 3.05) is 0 Å². The summed E-state index contributed by atoms with van der Waals surface area (Å²) in [5, 5.41) is 14.6. The van der Waals surface area contributed by atoms with Crippen molar-refractivity contribution in [1.82, 2.24) is 9.78 Å². The lowest BCUT2D eigenvalue weighted by Crippen LogP contribution is -2.31. The van der Waals surface area contributed by atoms with Gasteiger partial charge in [0.2, 0.25) is 0 Å². The highest BCUT2D eigenvalue weighted by Crippen LogP contribution is 2.38. The molecule has 1 aliphatic rings. The SMILES string of the molecule is O=Nc1cn([C@H]2C[C@@H](O)C2)nc1C(F)(F)F. The fourth-order valence-corrected chi connectivity index (χ4v) is 1.61. The summed E-state index contributed by atoms with van der Waals surface area (Å²) in [7, 11) is 0. The lowest BCUT2D eigenvalue weighted by molar-refractivity contribution is -0.141. The smallest absolute Gasteiger partial charge is 0.393 e. The number of hydrogen-bond acceptors (Lipinski definition) is 4. The summed E-state index contributed by atoms with van der Waals surface area (Å²) in [5.74, 6) is 0. The van der Waals surface area contributed by atoms with Gasteiger partial charge in [-0.3, -0.25) is 4.68 Å². The van der Waals surface area contributed by atoms with Gasteiger partial charge in [0.15, 0.2) is 11.4 Å². The number of aliphatic hydroxyl groups excluding tert-OH is 1. The molecule has 8 heteroatoms. The first-order valence-electron chi connectivity index (χ1n) is 4.59. The third-order valence-corrected chi connectivity index (χ3v) is 2.54. The molecule has 88 valence electrons. The van der Waals surface area contributed by atoms with E-state index in [0.29, 0.717) is 12.8 Å². The fourth-order valence-electron chi connectivity index (χ4n) is 1.61. The average Bonchev–Trinajstić information content (AvgIpc) is 2.55. The van der Waals surface area contributed by atoms with Gasteiger partial charge in [-0.15, -0.1) is 4.91 Å². The summed E-state index contributed by atoms with van der Waals surface area (Å²) >= 11 is 0. The molecule has 2 rings (SSSR count). The number of nitroso groups, excluding NO2 is 1. The Balaban J connectivity index is 2.29. The quantitative estimate of drug-likeness (QED) is 0.797. The number of rotatable bonds is 2. The lowest BCUT2D eigenvalue weighted by atomic mass is 9.90. The molecule has 0 aliphatic heterocycles. The van der Waals surface area contributed by atoms with E-state index < -0.39 is 23.7 Å². The summed E-state index contributed by atoms with van der Waals surface area (Å²) in [6, 6.07) is -0.286. The molecule has 0 atom stereocenters. The number of hydrogen-bond donors (Lipinski definition) is 1.